The Bertz CT molecular complexity index is 1210. The van der Waals surface area contributed by atoms with E-state index in [0.29, 0.717) is 12.8 Å². The summed E-state index contributed by atoms with van der Waals surface area (Å²) in [6.07, 6.45) is 48.9. The summed E-state index contributed by atoms with van der Waals surface area (Å²) in [6.45, 7) is 5.72. The second-order valence-electron chi connectivity index (χ2n) is 19.8. The molecule has 0 bridgehead atoms. The first-order valence-corrected chi connectivity index (χ1v) is 29.3. The second kappa shape index (κ2) is 45.9. The van der Waals surface area contributed by atoms with E-state index in [-0.39, 0.29) is 43.3 Å². The normalized spacial score (nSPS) is 14.1. The number of carbonyl (C=O) groups excluding carboxylic acids is 2. The Balaban J connectivity index is 4.52. The summed E-state index contributed by atoms with van der Waals surface area (Å²) in [7, 11) is -1.10. The van der Waals surface area contributed by atoms with E-state index < -0.39 is 44.3 Å². The smallest absolute Gasteiger partial charge is 0.306 e. The van der Waals surface area contributed by atoms with E-state index in [4.69, 9.17) is 14.0 Å². The Morgan fingerprint density at radius 3 is 1.27 bits per heavy atom. The summed E-state index contributed by atoms with van der Waals surface area (Å²) in [6, 6.07) is 0. The van der Waals surface area contributed by atoms with Gasteiger partial charge in [-0.25, -0.2) is 0 Å². The molecule has 11 heteroatoms. The van der Waals surface area contributed by atoms with Crippen molar-refractivity contribution in [1.82, 2.24) is 0 Å². The molecule has 0 rings (SSSR count). The number of unbranched alkanes of at least 4 members (excludes halogenated alkanes) is 30. The predicted molar refractivity (Wildman–Crippen MR) is 274 cm³/mol. The molecule has 0 fully saturated rings. The standard InChI is InChI=1S/C55H106NO9P/c1-6-9-11-13-15-17-19-21-23-24-25-26-27-28-29-30-32-33-35-37-39-41-43-45-54(59)63-49-51(50-64-66(61,62)52(8-3)56(4,5)48-47-53(57)58)65-55(60)46-44-42-40-38-36-34-31-22-20-18-16-14-12-10-7-2/h19,21,35,37,51-53,57-58H,6-18,20,22-34,36,38-50H2,1-5H3/b21-19-,37-35-/t51-,52?/m1/s1. The van der Waals surface area contributed by atoms with Crippen molar-refractivity contribution in [3.05, 3.63) is 24.3 Å². The number of esters is 2. The molecule has 2 unspecified atom stereocenters. The van der Waals surface area contributed by atoms with Crippen molar-refractivity contribution in [2.75, 3.05) is 33.9 Å². The molecule has 0 aliphatic carbocycles. The van der Waals surface area contributed by atoms with E-state index in [1.54, 1.807) is 21.0 Å². The molecule has 0 amide bonds. The molecule has 10 nitrogen and oxygen atoms in total. The number of hydrogen-bond donors (Lipinski definition) is 2. The zero-order chi connectivity index (χ0) is 48.8. The van der Waals surface area contributed by atoms with E-state index in [2.05, 4.69) is 38.2 Å². The number of carbonyl (C=O) groups is 2. The molecule has 0 aromatic rings. The van der Waals surface area contributed by atoms with Crippen molar-refractivity contribution in [3.63, 3.8) is 0 Å². The average molecular weight is 956 g/mol. The van der Waals surface area contributed by atoms with Crippen LogP contribution in [-0.4, -0.2) is 78.7 Å². The van der Waals surface area contributed by atoms with Crippen molar-refractivity contribution in [2.45, 2.75) is 283 Å². The van der Waals surface area contributed by atoms with E-state index in [0.717, 1.165) is 38.5 Å². The van der Waals surface area contributed by atoms with Crippen molar-refractivity contribution in [1.29, 1.82) is 0 Å². The lowest BCUT2D eigenvalue weighted by atomic mass is 10.0. The number of allylic oxidation sites excluding steroid dienone is 4. The van der Waals surface area contributed by atoms with Gasteiger partial charge in [-0.1, -0.05) is 199 Å². The van der Waals surface area contributed by atoms with Gasteiger partial charge in [0, 0.05) is 25.7 Å². The van der Waals surface area contributed by atoms with E-state index >= 15 is 0 Å². The van der Waals surface area contributed by atoms with Gasteiger partial charge in [0.2, 0.25) is 0 Å². The van der Waals surface area contributed by atoms with Gasteiger partial charge in [0.25, 0.3) is 0 Å². The SMILES string of the molecule is CCCCCCC/C=C\CCCCCCCCCC/C=C\CCCCC(=O)OC[C@H](COP(=O)([O-])C(CC)[N+](C)(C)CCC(O)O)OC(=O)CCCCCCCCCCCCCCCCC. The third-order valence-electron chi connectivity index (χ3n) is 13.0. The lowest BCUT2D eigenvalue weighted by Gasteiger charge is -2.44. The van der Waals surface area contributed by atoms with E-state index in [1.807, 2.05) is 0 Å². The average Bonchev–Trinajstić information content (AvgIpc) is 3.28. The highest BCUT2D eigenvalue weighted by Crippen LogP contribution is 2.48. The first-order valence-electron chi connectivity index (χ1n) is 27.7. The van der Waals surface area contributed by atoms with Crippen LogP contribution in [0.3, 0.4) is 0 Å². The van der Waals surface area contributed by atoms with E-state index in [1.165, 1.54) is 167 Å². The van der Waals surface area contributed by atoms with Gasteiger partial charge in [-0.3, -0.25) is 9.59 Å². The summed E-state index contributed by atoms with van der Waals surface area (Å²) in [4.78, 5) is 39.1. The topological polar surface area (TPSA) is 142 Å². The van der Waals surface area contributed by atoms with Gasteiger partial charge in [0.1, 0.15) is 6.61 Å². The lowest BCUT2D eigenvalue weighted by molar-refractivity contribution is -0.904. The minimum atomic E-state index is -4.52. The quantitative estimate of drug-likeness (QED) is 0.0152. The molecule has 0 aliphatic heterocycles. The van der Waals surface area contributed by atoms with Crippen LogP contribution in [-0.2, 0) is 28.2 Å². The van der Waals surface area contributed by atoms with Crippen LogP contribution in [0.1, 0.15) is 265 Å². The number of hydrogen-bond acceptors (Lipinski definition) is 9. The van der Waals surface area contributed by atoms with Crippen molar-refractivity contribution >= 4 is 19.5 Å². The van der Waals surface area contributed by atoms with Gasteiger partial charge in [-0.2, -0.15) is 0 Å². The van der Waals surface area contributed by atoms with Crippen molar-refractivity contribution in [3.8, 4) is 0 Å². The van der Waals surface area contributed by atoms with Crippen LogP contribution < -0.4 is 4.89 Å². The van der Waals surface area contributed by atoms with Crippen LogP contribution >= 0.6 is 7.60 Å². The Morgan fingerprint density at radius 2 is 0.879 bits per heavy atom. The van der Waals surface area contributed by atoms with Gasteiger partial charge in [-0.05, 0) is 64.2 Å². The van der Waals surface area contributed by atoms with Gasteiger partial charge in [-0.15, -0.1) is 0 Å². The lowest BCUT2D eigenvalue weighted by Crippen LogP contribution is -2.51. The fraction of sp³-hybridized carbons (Fsp3) is 0.891. The minimum absolute atomic E-state index is 0.00759. The third kappa shape index (κ3) is 41.4. The molecule has 0 saturated carbocycles. The summed E-state index contributed by atoms with van der Waals surface area (Å²) in [5, 5.41) is 18.8. The molecule has 0 aromatic heterocycles. The Hall–Kier alpha value is -1.55. The zero-order valence-electron chi connectivity index (χ0n) is 43.7. The Labute approximate surface area is 407 Å². The maximum absolute atomic E-state index is 13.4. The van der Waals surface area contributed by atoms with Gasteiger partial charge in [0.05, 0.1) is 27.2 Å². The molecule has 0 aromatic carbocycles. The van der Waals surface area contributed by atoms with Crippen LogP contribution in [0.5, 0.6) is 0 Å². The third-order valence-corrected chi connectivity index (χ3v) is 15.2. The van der Waals surface area contributed by atoms with Crippen LogP contribution in [0.4, 0.5) is 0 Å². The fourth-order valence-electron chi connectivity index (χ4n) is 8.68. The van der Waals surface area contributed by atoms with Crippen LogP contribution in [0, 0.1) is 0 Å². The Kier molecular flexibility index (Phi) is 44.8. The molecule has 3 atom stereocenters. The number of quaternary nitrogens is 1. The Morgan fingerprint density at radius 1 is 0.530 bits per heavy atom. The molecule has 66 heavy (non-hydrogen) atoms. The highest BCUT2D eigenvalue weighted by Gasteiger charge is 2.37. The number of nitrogens with zero attached hydrogens (tertiary/aromatic N) is 1. The number of aliphatic hydroxyl groups is 2. The molecular weight excluding hydrogens is 850 g/mol. The molecule has 390 valence electrons. The molecule has 0 spiro atoms. The maximum atomic E-state index is 13.4. The molecule has 0 aliphatic rings. The first kappa shape index (κ1) is 64.5. The molecule has 2 N–H and O–H groups in total. The van der Waals surface area contributed by atoms with Crippen molar-refractivity contribution in [2.24, 2.45) is 0 Å². The van der Waals surface area contributed by atoms with Crippen LogP contribution in [0.25, 0.3) is 0 Å². The molecule has 0 heterocycles. The summed E-state index contributed by atoms with van der Waals surface area (Å²) in [5.41, 5.74) is 0. The van der Waals surface area contributed by atoms with Gasteiger partial charge in [0.15, 0.2) is 25.8 Å². The van der Waals surface area contributed by atoms with Crippen LogP contribution in [0.15, 0.2) is 24.3 Å². The summed E-state index contributed by atoms with van der Waals surface area (Å²) >= 11 is 0. The second-order valence-corrected chi connectivity index (χ2v) is 21.7. The van der Waals surface area contributed by atoms with Gasteiger partial charge < -0.3 is 38.2 Å². The van der Waals surface area contributed by atoms with E-state index in [9.17, 15) is 29.3 Å². The molecule has 0 saturated heterocycles. The monoisotopic (exact) mass is 956 g/mol. The number of ether oxygens (including phenoxy) is 2. The summed E-state index contributed by atoms with van der Waals surface area (Å²) < 4.78 is 30.1. The molecule has 0 radical (unpaired) electrons. The minimum Gasteiger partial charge on any atom is -0.774 e. The fourth-order valence-corrected chi connectivity index (χ4v) is 10.6. The maximum Gasteiger partial charge on any atom is 0.306 e. The predicted octanol–water partition coefficient (Wildman–Crippen LogP) is 14.7. The largest absolute Gasteiger partial charge is 0.774 e. The van der Waals surface area contributed by atoms with Gasteiger partial charge >= 0.3 is 11.9 Å². The number of rotatable bonds is 50. The van der Waals surface area contributed by atoms with Crippen molar-refractivity contribution < 1.29 is 47.7 Å². The number of aliphatic hydroxyl groups excluding tert-OH is 1. The highest BCUT2D eigenvalue weighted by molar-refractivity contribution is 7.51. The molecular formula is C55H106NO9P. The highest BCUT2D eigenvalue weighted by atomic mass is 31.2. The first-order chi connectivity index (χ1) is 31.9. The summed E-state index contributed by atoms with van der Waals surface area (Å²) in [5.74, 6) is -1.84. The zero-order valence-corrected chi connectivity index (χ0v) is 44.6. The van der Waals surface area contributed by atoms with Crippen LogP contribution in [0.2, 0.25) is 0 Å².